The lowest BCUT2D eigenvalue weighted by Gasteiger charge is -2.11. The third-order valence-corrected chi connectivity index (χ3v) is 3.87. The highest BCUT2D eigenvalue weighted by Crippen LogP contribution is 2.33. The van der Waals surface area contributed by atoms with E-state index < -0.39 is 10.8 Å². The number of hydrogen-bond acceptors (Lipinski definition) is 4. The smallest absolute Gasteiger partial charge is 0.270 e. The Kier molecular flexibility index (Phi) is 4.05. The molecule has 0 aliphatic carbocycles. The van der Waals surface area contributed by atoms with Crippen LogP contribution in [0.5, 0.6) is 5.75 Å². The van der Waals surface area contributed by atoms with Crippen LogP contribution < -0.4 is 5.32 Å². The van der Waals surface area contributed by atoms with Crippen LogP contribution in [0.4, 0.5) is 11.4 Å². The zero-order valence-corrected chi connectivity index (χ0v) is 12.9. The number of phenolic OH excluding ortho intramolecular Hbond substituents is 1. The number of carbonyl (C=O) groups is 1. The van der Waals surface area contributed by atoms with Crippen molar-refractivity contribution in [1.82, 2.24) is 0 Å². The van der Waals surface area contributed by atoms with E-state index in [2.05, 4.69) is 5.32 Å². The summed E-state index contributed by atoms with van der Waals surface area (Å²) in [5.74, 6) is -0.651. The number of hydrogen-bond donors (Lipinski definition) is 2. The van der Waals surface area contributed by atoms with Crippen molar-refractivity contribution in [1.29, 1.82) is 0 Å². The monoisotopic (exact) mass is 342 g/mol. The second-order valence-corrected chi connectivity index (χ2v) is 5.46. The molecule has 3 rings (SSSR count). The molecular formula is C17H11ClN2O4. The fourth-order valence-electron chi connectivity index (χ4n) is 2.37. The number of halogens is 1. The Bertz CT molecular complexity index is 972. The summed E-state index contributed by atoms with van der Waals surface area (Å²) in [6.45, 7) is 0. The molecule has 7 heteroatoms. The maximum absolute atomic E-state index is 12.4. The van der Waals surface area contributed by atoms with Crippen molar-refractivity contribution in [2.45, 2.75) is 0 Å². The fourth-order valence-corrected chi connectivity index (χ4v) is 2.63. The van der Waals surface area contributed by atoms with Gasteiger partial charge in [-0.2, -0.15) is 0 Å². The van der Waals surface area contributed by atoms with Gasteiger partial charge in [-0.05, 0) is 17.5 Å². The van der Waals surface area contributed by atoms with E-state index in [-0.39, 0.29) is 27.7 Å². The van der Waals surface area contributed by atoms with Gasteiger partial charge in [-0.15, -0.1) is 0 Å². The first kappa shape index (κ1) is 15.8. The minimum atomic E-state index is -0.593. The zero-order chi connectivity index (χ0) is 17.3. The van der Waals surface area contributed by atoms with Crippen LogP contribution in [0.15, 0.2) is 54.6 Å². The maximum atomic E-state index is 12.4. The van der Waals surface area contributed by atoms with E-state index in [4.69, 9.17) is 11.6 Å². The number of nitro benzene ring substituents is 1. The molecule has 0 bridgehead atoms. The van der Waals surface area contributed by atoms with E-state index in [0.717, 1.165) is 11.5 Å². The molecule has 0 spiro atoms. The molecule has 0 aliphatic rings. The van der Waals surface area contributed by atoms with Gasteiger partial charge in [-0.3, -0.25) is 14.9 Å². The summed E-state index contributed by atoms with van der Waals surface area (Å²) in [6, 6.07) is 14.1. The normalized spacial score (nSPS) is 10.5. The molecule has 0 fully saturated rings. The number of non-ortho nitro benzene ring substituents is 1. The summed E-state index contributed by atoms with van der Waals surface area (Å²) in [7, 11) is 0. The van der Waals surface area contributed by atoms with Crippen LogP contribution in [0.1, 0.15) is 10.4 Å². The minimum Gasteiger partial charge on any atom is -0.506 e. The highest BCUT2D eigenvalue weighted by atomic mass is 35.5. The second kappa shape index (κ2) is 6.17. The van der Waals surface area contributed by atoms with Crippen molar-refractivity contribution in [3.8, 4) is 5.75 Å². The van der Waals surface area contributed by atoms with Gasteiger partial charge in [0.25, 0.3) is 11.6 Å². The van der Waals surface area contributed by atoms with E-state index in [0.29, 0.717) is 5.39 Å². The molecule has 0 atom stereocenters. The van der Waals surface area contributed by atoms with Gasteiger partial charge in [-0.25, -0.2) is 0 Å². The van der Waals surface area contributed by atoms with Crippen LogP contribution in [-0.2, 0) is 0 Å². The summed E-state index contributed by atoms with van der Waals surface area (Å²) in [6.07, 6.45) is 0. The fraction of sp³-hybridized carbons (Fsp3) is 0. The molecule has 0 aromatic heterocycles. The molecule has 0 saturated heterocycles. The lowest BCUT2D eigenvalue weighted by molar-refractivity contribution is -0.384. The van der Waals surface area contributed by atoms with Crippen LogP contribution in [0.3, 0.4) is 0 Å². The minimum absolute atomic E-state index is 0.0403. The number of nitro groups is 1. The molecule has 3 aromatic carbocycles. The Morgan fingerprint density at radius 2 is 1.88 bits per heavy atom. The van der Waals surface area contributed by atoms with Gasteiger partial charge in [-0.1, -0.05) is 41.9 Å². The second-order valence-electron chi connectivity index (χ2n) is 5.06. The van der Waals surface area contributed by atoms with Gasteiger partial charge in [0.2, 0.25) is 0 Å². The van der Waals surface area contributed by atoms with Gasteiger partial charge in [0.15, 0.2) is 0 Å². The first-order chi connectivity index (χ1) is 11.5. The molecule has 6 nitrogen and oxygen atoms in total. The molecule has 120 valence electrons. The number of fused-ring (bicyclic) bond motifs is 1. The summed E-state index contributed by atoms with van der Waals surface area (Å²) in [5, 5.41) is 24.9. The summed E-state index contributed by atoms with van der Waals surface area (Å²) in [5.41, 5.74) is 0.131. The molecule has 0 aliphatic heterocycles. The van der Waals surface area contributed by atoms with Gasteiger partial charge < -0.3 is 10.4 Å². The van der Waals surface area contributed by atoms with Crippen molar-refractivity contribution in [3.63, 3.8) is 0 Å². The van der Waals surface area contributed by atoms with Crippen LogP contribution in [0, 0.1) is 10.1 Å². The Morgan fingerprint density at radius 1 is 1.12 bits per heavy atom. The highest BCUT2D eigenvalue weighted by molar-refractivity contribution is 6.34. The number of nitrogens with one attached hydrogen (secondary N) is 1. The zero-order valence-electron chi connectivity index (χ0n) is 12.2. The Labute approximate surface area is 141 Å². The van der Waals surface area contributed by atoms with Crippen molar-refractivity contribution in [2.24, 2.45) is 0 Å². The van der Waals surface area contributed by atoms with Gasteiger partial charge >= 0.3 is 0 Å². The van der Waals surface area contributed by atoms with Crippen molar-refractivity contribution in [2.75, 3.05) is 5.32 Å². The molecule has 2 N–H and O–H groups in total. The topological polar surface area (TPSA) is 92.5 Å². The van der Waals surface area contributed by atoms with Gasteiger partial charge in [0.05, 0.1) is 21.2 Å². The predicted molar refractivity (Wildman–Crippen MR) is 91.7 cm³/mol. The van der Waals surface area contributed by atoms with Crippen molar-refractivity contribution >= 4 is 39.7 Å². The van der Waals surface area contributed by atoms with Crippen LogP contribution >= 0.6 is 11.6 Å². The number of anilines is 1. The lowest BCUT2D eigenvalue weighted by Crippen LogP contribution is -2.13. The molecule has 1 amide bonds. The van der Waals surface area contributed by atoms with Crippen LogP contribution in [-0.4, -0.2) is 15.9 Å². The van der Waals surface area contributed by atoms with Crippen molar-refractivity contribution < 1.29 is 14.8 Å². The Balaban J connectivity index is 1.99. The quantitative estimate of drug-likeness (QED) is 0.420. The molecule has 3 aromatic rings. The Morgan fingerprint density at radius 3 is 2.58 bits per heavy atom. The van der Waals surface area contributed by atoms with Gasteiger partial charge in [0.1, 0.15) is 5.75 Å². The van der Waals surface area contributed by atoms with E-state index in [1.54, 1.807) is 18.2 Å². The summed E-state index contributed by atoms with van der Waals surface area (Å²) < 4.78 is 0. The third kappa shape index (κ3) is 2.87. The maximum Gasteiger partial charge on any atom is 0.270 e. The van der Waals surface area contributed by atoms with E-state index in [9.17, 15) is 20.0 Å². The first-order valence-electron chi connectivity index (χ1n) is 6.93. The number of carbonyl (C=O) groups excluding carboxylic acids is 1. The van der Waals surface area contributed by atoms with Gasteiger partial charge in [0, 0.05) is 17.5 Å². The average Bonchev–Trinajstić information content (AvgIpc) is 2.57. The number of amides is 1. The van der Waals surface area contributed by atoms with E-state index in [1.165, 1.54) is 18.2 Å². The molecule has 24 heavy (non-hydrogen) atoms. The number of benzene rings is 3. The van der Waals surface area contributed by atoms with Crippen molar-refractivity contribution in [3.05, 3.63) is 75.3 Å². The lowest BCUT2D eigenvalue weighted by atomic mass is 10.1. The SMILES string of the molecule is O=C(Nc1c(O)ccc2ccccc12)c1ccc([N+](=O)[O-])cc1Cl. The molecule has 0 unspecified atom stereocenters. The standard InChI is InChI=1S/C17H11ClN2O4/c18-14-9-11(20(23)24)6-7-13(14)17(22)19-16-12-4-2-1-3-10(12)5-8-15(16)21/h1-9,21H,(H,19,22). The molecule has 0 heterocycles. The largest absolute Gasteiger partial charge is 0.506 e. The molecule has 0 radical (unpaired) electrons. The van der Waals surface area contributed by atoms with E-state index in [1.807, 2.05) is 12.1 Å². The number of rotatable bonds is 3. The predicted octanol–water partition coefficient (Wildman–Crippen LogP) is 4.36. The summed E-state index contributed by atoms with van der Waals surface area (Å²) in [4.78, 5) is 22.6. The van der Waals surface area contributed by atoms with Crippen LogP contribution in [0.25, 0.3) is 10.8 Å². The van der Waals surface area contributed by atoms with E-state index >= 15 is 0 Å². The number of phenols is 1. The number of nitrogens with zero attached hydrogens (tertiary/aromatic N) is 1. The number of aromatic hydroxyl groups is 1. The summed E-state index contributed by atoms with van der Waals surface area (Å²) >= 11 is 5.96. The van der Waals surface area contributed by atoms with Crippen LogP contribution in [0.2, 0.25) is 5.02 Å². The molecule has 0 saturated carbocycles. The Hall–Kier alpha value is -3.12. The average molecular weight is 343 g/mol. The highest BCUT2D eigenvalue weighted by Gasteiger charge is 2.17. The first-order valence-corrected chi connectivity index (χ1v) is 7.31. The third-order valence-electron chi connectivity index (χ3n) is 3.55. The molecular weight excluding hydrogens is 332 g/mol.